The molecule has 0 aliphatic rings. The summed E-state index contributed by atoms with van der Waals surface area (Å²) in [6.07, 6.45) is 1.79. The molecular weight excluding hydrogens is 644 g/mol. The molecule has 0 bridgehead atoms. The van der Waals surface area contributed by atoms with Crippen molar-refractivity contribution in [3.63, 3.8) is 0 Å². The van der Waals surface area contributed by atoms with Crippen molar-refractivity contribution in [2.45, 2.75) is 45.7 Å². The first-order valence-electron chi connectivity index (χ1n) is 13.1. The van der Waals surface area contributed by atoms with Gasteiger partial charge < -0.3 is 60.5 Å². The van der Waals surface area contributed by atoms with E-state index < -0.39 is 76.8 Å². The topological polar surface area (TPSA) is 347 Å². The normalized spacial score (nSPS) is 10.7. The van der Waals surface area contributed by atoms with Gasteiger partial charge in [0.05, 0.1) is 26.2 Å². The Morgan fingerprint density at radius 3 is 1.02 bits per heavy atom. The van der Waals surface area contributed by atoms with E-state index in [4.69, 9.17) is 74.9 Å². The molecule has 1 atom stereocenters. The van der Waals surface area contributed by atoms with Gasteiger partial charge in [0, 0.05) is 73.8 Å². The Morgan fingerprint density at radius 1 is 0.609 bits per heavy atom. The molecule has 0 aromatic rings. The van der Waals surface area contributed by atoms with Crippen molar-refractivity contribution < 1.29 is 82.6 Å². The Labute approximate surface area is 267 Å². The van der Waals surface area contributed by atoms with Gasteiger partial charge in [0.15, 0.2) is 0 Å². The van der Waals surface area contributed by atoms with E-state index in [0.717, 1.165) is 49.5 Å². The van der Waals surface area contributed by atoms with E-state index in [1.165, 1.54) is 0 Å². The number of rotatable bonds is 19. The minimum absolute atomic E-state index is 0.0623. The zero-order chi connectivity index (χ0) is 37.5. The molecule has 0 aromatic carbocycles. The summed E-state index contributed by atoms with van der Waals surface area (Å²) in [5.74, 6) is -7.41. The molecule has 1 unspecified atom stereocenters. The summed E-state index contributed by atoms with van der Waals surface area (Å²) in [6.45, 7) is 1.51. The van der Waals surface area contributed by atoms with Crippen LogP contribution in [0.3, 0.4) is 0 Å². The SMILES string of the molecule is CC(=O)O.CC(=O)O.CC(=O)O.CO[Si](CCCC(N)CN)(OC)OC.O=C(O)CN(CCN(CC(=O)O)CC(=O)O)CC(=O)O. The highest BCUT2D eigenvalue weighted by atomic mass is 28.4. The van der Waals surface area contributed by atoms with E-state index in [1.54, 1.807) is 21.3 Å². The van der Waals surface area contributed by atoms with E-state index in [9.17, 15) is 19.2 Å². The summed E-state index contributed by atoms with van der Waals surface area (Å²) in [6, 6.07) is 0.844. The zero-order valence-corrected chi connectivity index (χ0v) is 27.9. The van der Waals surface area contributed by atoms with Crippen molar-refractivity contribution in [3.05, 3.63) is 0 Å². The average Bonchev–Trinajstić information content (AvgIpc) is 2.88. The molecule has 0 aromatic heterocycles. The Bertz CT molecular complexity index is 774. The van der Waals surface area contributed by atoms with Crippen LogP contribution in [-0.2, 0) is 46.8 Å². The summed E-state index contributed by atoms with van der Waals surface area (Å²) in [4.78, 5) is 71.4. The summed E-state index contributed by atoms with van der Waals surface area (Å²) in [5.41, 5.74) is 11.1. The molecule has 0 amide bonds. The molecule has 0 aliphatic heterocycles. The summed E-state index contributed by atoms with van der Waals surface area (Å²) in [5, 5.41) is 56.7. The predicted octanol–water partition coefficient (Wildman–Crippen LogP) is -1.87. The summed E-state index contributed by atoms with van der Waals surface area (Å²) < 4.78 is 15.8. The van der Waals surface area contributed by atoms with Crippen LogP contribution in [0.25, 0.3) is 0 Å². The number of carboxylic acid groups (broad SMARTS) is 7. The van der Waals surface area contributed by atoms with E-state index in [0.29, 0.717) is 6.54 Å². The molecule has 22 heteroatoms. The smallest absolute Gasteiger partial charge is 0.481 e. The molecule has 0 aliphatic carbocycles. The lowest BCUT2D eigenvalue weighted by atomic mass is 10.2. The maximum absolute atomic E-state index is 10.6. The van der Waals surface area contributed by atoms with Gasteiger partial charge in [-0.05, 0) is 12.8 Å². The maximum atomic E-state index is 10.6. The fraction of sp³-hybridized carbons (Fsp3) is 0.708. The van der Waals surface area contributed by atoms with Crippen molar-refractivity contribution in [1.29, 1.82) is 0 Å². The van der Waals surface area contributed by atoms with Crippen LogP contribution in [0.4, 0.5) is 0 Å². The van der Waals surface area contributed by atoms with Gasteiger partial charge >= 0.3 is 32.7 Å². The van der Waals surface area contributed by atoms with Gasteiger partial charge in [-0.3, -0.25) is 43.4 Å². The third-order valence-electron chi connectivity index (χ3n) is 4.46. The number of hydrogen-bond donors (Lipinski definition) is 9. The van der Waals surface area contributed by atoms with Gasteiger partial charge in [0.1, 0.15) is 0 Å². The van der Waals surface area contributed by atoms with Crippen molar-refractivity contribution >= 4 is 50.6 Å². The van der Waals surface area contributed by atoms with Crippen LogP contribution in [0.15, 0.2) is 0 Å². The third-order valence-corrected chi connectivity index (χ3v) is 7.29. The second-order valence-electron chi connectivity index (χ2n) is 8.74. The third kappa shape index (κ3) is 49.9. The molecule has 0 rings (SSSR count). The molecule has 46 heavy (non-hydrogen) atoms. The van der Waals surface area contributed by atoms with E-state index >= 15 is 0 Å². The average molecular weight is 695 g/mol. The fourth-order valence-corrected chi connectivity index (χ4v) is 4.48. The molecule has 0 spiro atoms. The predicted molar refractivity (Wildman–Crippen MR) is 161 cm³/mol. The van der Waals surface area contributed by atoms with E-state index in [1.807, 2.05) is 0 Å². The number of carboxylic acids is 7. The molecule has 0 saturated heterocycles. The van der Waals surface area contributed by atoms with Crippen molar-refractivity contribution in [1.82, 2.24) is 9.80 Å². The van der Waals surface area contributed by atoms with Crippen LogP contribution in [-0.4, -0.2) is 169 Å². The van der Waals surface area contributed by atoms with Crippen molar-refractivity contribution in [2.75, 3.05) is 67.1 Å². The Hall–Kier alpha value is -3.77. The molecule has 21 nitrogen and oxygen atoms in total. The number of hydrogen-bond acceptors (Lipinski definition) is 14. The number of nitrogens with two attached hydrogens (primary N) is 2. The minimum Gasteiger partial charge on any atom is -0.481 e. The van der Waals surface area contributed by atoms with Crippen molar-refractivity contribution in [2.24, 2.45) is 11.5 Å². The quantitative estimate of drug-likeness (QED) is 0.0668. The monoisotopic (exact) mass is 694 g/mol. The lowest BCUT2D eigenvalue weighted by Crippen LogP contribution is -2.43. The van der Waals surface area contributed by atoms with Crippen LogP contribution in [0, 0.1) is 0 Å². The van der Waals surface area contributed by atoms with Gasteiger partial charge in [0.2, 0.25) is 0 Å². The van der Waals surface area contributed by atoms with Crippen LogP contribution in [0.1, 0.15) is 33.6 Å². The highest BCUT2D eigenvalue weighted by Crippen LogP contribution is 2.16. The summed E-state index contributed by atoms with van der Waals surface area (Å²) >= 11 is 0. The lowest BCUT2D eigenvalue weighted by Gasteiger charge is -2.24. The Morgan fingerprint density at radius 2 is 0.848 bits per heavy atom. The van der Waals surface area contributed by atoms with E-state index in [2.05, 4.69) is 0 Å². The van der Waals surface area contributed by atoms with Crippen LogP contribution in [0.2, 0.25) is 6.04 Å². The first-order valence-corrected chi connectivity index (χ1v) is 15.0. The molecule has 11 N–H and O–H groups in total. The van der Waals surface area contributed by atoms with Gasteiger partial charge in [-0.2, -0.15) is 0 Å². The van der Waals surface area contributed by atoms with Crippen LogP contribution in [0.5, 0.6) is 0 Å². The van der Waals surface area contributed by atoms with Crippen molar-refractivity contribution in [3.8, 4) is 0 Å². The second-order valence-corrected chi connectivity index (χ2v) is 11.8. The number of aliphatic carboxylic acids is 7. The Balaban J connectivity index is -0.000000185. The first-order chi connectivity index (χ1) is 21.0. The molecule has 272 valence electrons. The molecule has 0 radical (unpaired) electrons. The van der Waals surface area contributed by atoms with Crippen LogP contribution >= 0.6 is 0 Å². The van der Waals surface area contributed by atoms with E-state index in [-0.39, 0.29) is 19.1 Å². The van der Waals surface area contributed by atoms with Gasteiger partial charge in [-0.15, -0.1) is 0 Å². The second kappa shape index (κ2) is 32.6. The highest BCUT2D eigenvalue weighted by molar-refractivity contribution is 6.60. The largest absolute Gasteiger partial charge is 0.500 e. The molecule has 0 heterocycles. The Kier molecular flexibility index (Phi) is 36.7. The molecule has 0 fully saturated rings. The standard InChI is InChI=1S/C10H16N2O8.C8H22N2O3Si.3C2H4O2/c13-7(14)3-11(4-8(15)16)1-2-12(5-9(17)18)6-10(19)20;1-11-14(12-2,13-3)6-4-5-8(10)7-9;3*1-2(3)4/h1-6H2,(H,13,14)(H,15,16)(H,17,18)(H,19,20);8H,4-7,9-10H2,1-3H3;3*1H3,(H,3,4). The fourth-order valence-electron chi connectivity index (χ4n) is 2.73. The van der Waals surface area contributed by atoms with Gasteiger partial charge in [-0.25, -0.2) is 0 Å². The zero-order valence-electron chi connectivity index (χ0n) is 26.9. The number of nitrogens with zero attached hydrogens (tertiary/aromatic N) is 2. The maximum Gasteiger partial charge on any atom is 0.500 e. The highest BCUT2D eigenvalue weighted by Gasteiger charge is 2.36. The van der Waals surface area contributed by atoms with Gasteiger partial charge in [-0.1, -0.05) is 0 Å². The lowest BCUT2D eigenvalue weighted by molar-refractivity contribution is -0.145. The van der Waals surface area contributed by atoms with Crippen LogP contribution < -0.4 is 11.5 Å². The first kappa shape index (κ1) is 51.8. The van der Waals surface area contributed by atoms with Gasteiger partial charge in [0.25, 0.3) is 17.9 Å². The summed E-state index contributed by atoms with van der Waals surface area (Å²) in [7, 11) is 2.45. The molecular formula is C24H50N4O17Si. The molecule has 0 saturated carbocycles. The minimum atomic E-state index is -2.39. The number of carbonyl (C=O) groups is 7.